The van der Waals surface area contributed by atoms with Gasteiger partial charge in [0.2, 0.25) is 0 Å². The van der Waals surface area contributed by atoms with Gasteiger partial charge in [0.1, 0.15) is 11.5 Å². The van der Waals surface area contributed by atoms with Crippen molar-refractivity contribution in [2.24, 2.45) is 0 Å². The van der Waals surface area contributed by atoms with Crippen molar-refractivity contribution in [3.8, 4) is 0 Å². The van der Waals surface area contributed by atoms with Crippen molar-refractivity contribution in [1.82, 2.24) is 5.32 Å². The molecule has 0 saturated heterocycles. The minimum atomic E-state index is 0.744. The molecule has 0 spiro atoms. The van der Waals surface area contributed by atoms with Gasteiger partial charge in [-0.2, -0.15) is 0 Å². The van der Waals surface area contributed by atoms with Gasteiger partial charge in [-0.15, -0.1) is 0 Å². The molecule has 0 aliphatic heterocycles. The third-order valence-electron chi connectivity index (χ3n) is 1.79. The number of methoxy groups -OCH3 is 1. The van der Waals surface area contributed by atoms with Crippen LogP contribution in [0.5, 0.6) is 0 Å². The predicted octanol–water partition coefficient (Wildman–Crippen LogP) is 1.84. The van der Waals surface area contributed by atoms with E-state index in [1.807, 2.05) is 31.2 Å². The molecule has 1 aromatic heterocycles. The highest BCUT2D eigenvalue weighted by atomic mass is 16.5. The largest absolute Gasteiger partial charge is 0.462 e. The molecule has 0 aliphatic rings. The second-order valence-electron chi connectivity index (χ2n) is 3.05. The summed E-state index contributed by atoms with van der Waals surface area (Å²) in [6.07, 6.45) is 4.00. The Morgan fingerprint density at radius 1 is 1.50 bits per heavy atom. The molecule has 3 nitrogen and oxygen atoms in total. The minimum absolute atomic E-state index is 0.744. The molecule has 0 amide bonds. The van der Waals surface area contributed by atoms with E-state index in [1.54, 1.807) is 7.11 Å². The fraction of sp³-hybridized carbons (Fsp3) is 0.455. The summed E-state index contributed by atoms with van der Waals surface area (Å²) in [4.78, 5) is 0. The maximum Gasteiger partial charge on any atom is 0.126 e. The summed E-state index contributed by atoms with van der Waals surface area (Å²) in [5.41, 5.74) is 0. The van der Waals surface area contributed by atoms with Crippen molar-refractivity contribution in [3.05, 3.63) is 29.7 Å². The highest BCUT2D eigenvalue weighted by Gasteiger charge is 1.91. The molecule has 0 radical (unpaired) electrons. The Labute approximate surface area is 84.8 Å². The highest BCUT2D eigenvalue weighted by Crippen LogP contribution is 2.07. The van der Waals surface area contributed by atoms with E-state index in [9.17, 15) is 0 Å². The highest BCUT2D eigenvalue weighted by molar-refractivity contribution is 5.42. The van der Waals surface area contributed by atoms with Gasteiger partial charge in [-0.05, 0) is 25.1 Å². The third kappa shape index (κ3) is 4.25. The van der Waals surface area contributed by atoms with Gasteiger partial charge in [0, 0.05) is 20.2 Å². The SMILES string of the molecule is COCCNCC=Cc1ccc(C)o1. The Bertz CT molecular complexity index is 279. The minimum Gasteiger partial charge on any atom is -0.462 e. The lowest BCUT2D eigenvalue weighted by molar-refractivity contribution is 0.200. The second-order valence-corrected chi connectivity index (χ2v) is 3.05. The molecule has 1 rings (SSSR count). The molecule has 0 aliphatic carbocycles. The standard InChI is InChI=1S/C11H17NO2/c1-10-5-6-11(14-10)4-3-7-12-8-9-13-2/h3-6,12H,7-9H2,1-2H3. The fourth-order valence-corrected chi connectivity index (χ4v) is 1.08. The van der Waals surface area contributed by atoms with Crippen LogP contribution in [0.3, 0.4) is 0 Å². The Balaban J connectivity index is 2.15. The van der Waals surface area contributed by atoms with E-state index in [0.717, 1.165) is 31.2 Å². The van der Waals surface area contributed by atoms with Crippen LogP contribution in [-0.4, -0.2) is 26.8 Å². The molecule has 14 heavy (non-hydrogen) atoms. The molecule has 0 unspecified atom stereocenters. The maximum absolute atomic E-state index is 5.37. The molecular formula is C11H17NO2. The number of rotatable bonds is 6. The lowest BCUT2D eigenvalue weighted by Crippen LogP contribution is -2.18. The zero-order valence-corrected chi connectivity index (χ0v) is 8.75. The summed E-state index contributed by atoms with van der Waals surface area (Å²) in [5.74, 6) is 1.84. The van der Waals surface area contributed by atoms with Crippen LogP contribution in [0, 0.1) is 6.92 Å². The van der Waals surface area contributed by atoms with Crippen LogP contribution >= 0.6 is 0 Å². The topological polar surface area (TPSA) is 34.4 Å². The molecule has 0 atom stereocenters. The van der Waals surface area contributed by atoms with Crippen molar-refractivity contribution in [2.75, 3.05) is 26.8 Å². The van der Waals surface area contributed by atoms with Gasteiger partial charge in [-0.25, -0.2) is 0 Å². The zero-order valence-electron chi connectivity index (χ0n) is 8.75. The molecule has 0 fully saturated rings. The summed E-state index contributed by atoms with van der Waals surface area (Å²) < 4.78 is 10.3. The van der Waals surface area contributed by atoms with Crippen molar-refractivity contribution < 1.29 is 9.15 Å². The van der Waals surface area contributed by atoms with E-state index in [2.05, 4.69) is 5.32 Å². The third-order valence-corrected chi connectivity index (χ3v) is 1.79. The Morgan fingerprint density at radius 3 is 3.00 bits per heavy atom. The number of aryl methyl sites for hydroxylation is 1. The summed E-state index contributed by atoms with van der Waals surface area (Å²) in [7, 11) is 1.70. The number of hydrogen-bond acceptors (Lipinski definition) is 3. The van der Waals surface area contributed by atoms with E-state index >= 15 is 0 Å². The molecule has 78 valence electrons. The van der Waals surface area contributed by atoms with Crippen LogP contribution in [0.4, 0.5) is 0 Å². The average molecular weight is 195 g/mol. The maximum atomic E-state index is 5.37. The van der Waals surface area contributed by atoms with Crippen LogP contribution in [0.1, 0.15) is 11.5 Å². The number of hydrogen-bond donors (Lipinski definition) is 1. The number of furan rings is 1. The molecule has 1 N–H and O–H groups in total. The average Bonchev–Trinajstić information content (AvgIpc) is 2.58. The summed E-state index contributed by atoms with van der Waals surface area (Å²) in [5, 5.41) is 3.21. The van der Waals surface area contributed by atoms with Gasteiger partial charge < -0.3 is 14.5 Å². The second kappa shape index (κ2) is 6.40. The first-order valence-electron chi connectivity index (χ1n) is 4.75. The predicted molar refractivity (Wildman–Crippen MR) is 57.2 cm³/mol. The first-order chi connectivity index (χ1) is 6.83. The number of ether oxygens (including phenoxy) is 1. The van der Waals surface area contributed by atoms with E-state index in [4.69, 9.17) is 9.15 Å². The fourth-order valence-electron chi connectivity index (χ4n) is 1.08. The first kappa shape index (κ1) is 11.0. The molecule has 3 heteroatoms. The Hall–Kier alpha value is -1.06. The molecular weight excluding hydrogens is 178 g/mol. The summed E-state index contributed by atoms with van der Waals surface area (Å²) in [6.45, 7) is 4.39. The van der Waals surface area contributed by atoms with Crippen molar-refractivity contribution >= 4 is 6.08 Å². The lowest BCUT2D eigenvalue weighted by atomic mass is 10.4. The van der Waals surface area contributed by atoms with Crippen LogP contribution in [0.15, 0.2) is 22.6 Å². The Morgan fingerprint density at radius 2 is 2.36 bits per heavy atom. The zero-order chi connectivity index (χ0) is 10.2. The summed E-state index contributed by atoms with van der Waals surface area (Å²) in [6, 6.07) is 3.92. The Kier molecular flexibility index (Phi) is 5.04. The molecule has 1 heterocycles. The monoisotopic (exact) mass is 195 g/mol. The quantitative estimate of drug-likeness (QED) is 0.703. The van der Waals surface area contributed by atoms with Gasteiger partial charge in [0.05, 0.1) is 6.61 Å². The molecule has 0 saturated carbocycles. The van der Waals surface area contributed by atoms with Gasteiger partial charge in [-0.3, -0.25) is 0 Å². The summed E-state index contributed by atoms with van der Waals surface area (Å²) >= 11 is 0. The van der Waals surface area contributed by atoms with Crippen LogP contribution in [-0.2, 0) is 4.74 Å². The van der Waals surface area contributed by atoms with Crippen molar-refractivity contribution in [2.45, 2.75) is 6.92 Å². The molecule has 1 aromatic rings. The number of nitrogens with one attached hydrogen (secondary N) is 1. The van der Waals surface area contributed by atoms with Gasteiger partial charge in [0.25, 0.3) is 0 Å². The van der Waals surface area contributed by atoms with Crippen LogP contribution in [0.2, 0.25) is 0 Å². The van der Waals surface area contributed by atoms with Crippen molar-refractivity contribution in [1.29, 1.82) is 0 Å². The first-order valence-corrected chi connectivity index (χ1v) is 4.75. The van der Waals surface area contributed by atoms with E-state index in [0.29, 0.717) is 0 Å². The van der Waals surface area contributed by atoms with Crippen LogP contribution in [0.25, 0.3) is 6.08 Å². The molecule has 0 bridgehead atoms. The van der Waals surface area contributed by atoms with Gasteiger partial charge in [-0.1, -0.05) is 6.08 Å². The van der Waals surface area contributed by atoms with Gasteiger partial charge in [0.15, 0.2) is 0 Å². The lowest BCUT2D eigenvalue weighted by Gasteiger charge is -1.98. The van der Waals surface area contributed by atoms with Crippen molar-refractivity contribution in [3.63, 3.8) is 0 Å². The van der Waals surface area contributed by atoms with E-state index < -0.39 is 0 Å². The molecule has 0 aromatic carbocycles. The smallest absolute Gasteiger partial charge is 0.126 e. The van der Waals surface area contributed by atoms with Crippen LogP contribution < -0.4 is 5.32 Å². The van der Waals surface area contributed by atoms with E-state index in [-0.39, 0.29) is 0 Å². The normalized spacial score (nSPS) is 11.3. The van der Waals surface area contributed by atoms with E-state index in [1.165, 1.54) is 0 Å². The van der Waals surface area contributed by atoms with Gasteiger partial charge >= 0.3 is 0 Å².